The first kappa shape index (κ1) is 106. The SMILES string of the molecule is COC(=O)c1sc(-c2ccccc2)cc1Nc1nc(-c2ccc(Cl)c(C)c2)c(C(C)C)s1.COC(=O)c1sc(Br)cc1N.COC(=O)c1sc(Br)cc1Nc1nc(-c2ccc(Cl)c(C)c2)c(C(C)C)s1.Cc1cc(-c2nc(Br)sc2C(C)C)ccc1Cl.Cc1cc(-c2nc(Nc3cc(-c4ccccc4)sc3C(=O)O)sc2C(C)C)ccc1Cl.OB(O)c1ccccc1.[Li+].[OH-]. The van der Waals surface area contributed by atoms with Gasteiger partial charge in [-0.15, -0.1) is 90.7 Å². The molecule has 0 unspecified atom stereocenters. The van der Waals surface area contributed by atoms with E-state index in [0.717, 1.165) is 135 Å². The van der Waals surface area contributed by atoms with Gasteiger partial charge in [0, 0.05) is 71.6 Å². The van der Waals surface area contributed by atoms with E-state index in [2.05, 4.69) is 141 Å². The molecule has 9 N–H and O–H groups in total. The van der Waals surface area contributed by atoms with E-state index >= 15 is 0 Å². The molecule has 0 fully saturated rings. The third-order valence-corrected chi connectivity index (χ3v) is 31.5. The number of anilines is 7. The zero-order valence-corrected chi connectivity index (χ0v) is 87.0. The monoisotopic (exact) mass is 2140 g/mol. The average Bonchev–Trinajstić information content (AvgIpc) is 1.65. The number of aryl methyl sites for hydroxylation is 4. The summed E-state index contributed by atoms with van der Waals surface area (Å²) in [4.78, 5) is 74.8. The van der Waals surface area contributed by atoms with Gasteiger partial charge in [0.2, 0.25) is 0 Å². The van der Waals surface area contributed by atoms with Gasteiger partial charge in [-0.2, -0.15) is 0 Å². The molecule has 0 atom stereocenters. The van der Waals surface area contributed by atoms with Crippen molar-refractivity contribution >= 4 is 259 Å². The number of esters is 3. The molecule has 0 bridgehead atoms. The molecule has 0 aliphatic heterocycles. The molecular weight excluding hydrogens is 2060 g/mol. The van der Waals surface area contributed by atoms with E-state index in [1.807, 2.05) is 173 Å². The second-order valence-electron chi connectivity index (χ2n) is 29.4. The number of nitrogens with zero attached hydrogens (tertiary/aromatic N) is 4. The maximum atomic E-state index is 12.5. The topological polar surface area (TPSA) is 300 Å². The van der Waals surface area contributed by atoms with E-state index in [-0.39, 0.29) is 47.1 Å². The Morgan fingerprint density at radius 2 is 0.682 bits per heavy atom. The van der Waals surface area contributed by atoms with Crippen molar-refractivity contribution in [1.82, 2.24) is 19.9 Å². The summed E-state index contributed by atoms with van der Waals surface area (Å²) in [7, 11) is 2.76. The number of nitrogens with two attached hydrogens (primary N) is 1. The standard InChI is InChI=1S/C25H23ClN2O2S2.C24H21ClN2O2S2.C19H18BrClN2O2S2.C13H13BrClNS.C6H7BO2.C6H6BrNO2S.Li.H2O/c1-14(2)22-21(17-10-11-18(26)15(3)12-17)28-25(32-22)27-19-13-20(16-8-6-5-7-9-16)31-23(19)24(29)30-4;1-13(2)21-20(16-9-10-17(25)14(3)11-16)27-24(31-21)26-18-12-19(30-22(18)23(28)29)15-7-5-4-6-8-15;1-9(2)16-15(11-5-6-12(21)10(3)7-11)23-19(27-16)22-13-8-14(20)26-17(13)18(24)25-4;1-7(2)12-11(16-13(14)17-12)9-4-5-10(15)8(3)6-9;8-7(9)6-4-2-1-3-5-6;1-10-6(9)5-3(8)2-4(7)11-5;;/h5-14H,1-4H3,(H,27,28);4-13H,1-3H3,(H,26,27)(H,28,29);5-9H,1-4H3,(H,22,23);4-7H,1-3H3;1-5,8-9H;2H,8H2,1H3;;1H2/q;;;;;;+1;/p-1. The minimum absolute atomic E-state index is 0. The van der Waals surface area contributed by atoms with Crippen molar-refractivity contribution in [2.24, 2.45) is 0 Å². The molecule has 668 valence electrons. The summed E-state index contributed by atoms with van der Waals surface area (Å²) >= 11 is 46.4. The van der Waals surface area contributed by atoms with E-state index in [9.17, 15) is 24.3 Å². The second-order valence-corrected chi connectivity index (χ2v) is 43.4. The van der Waals surface area contributed by atoms with Crippen LogP contribution in [0.5, 0.6) is 0 Å². The largest absolute Gasteiger partial charge is 1.00 e. The minimum atomic E-state index is -1.34. The molecule has 0 amide bonds. The Bertz CT molecular complexity index is 6350. The van der Waals surface area contributed by atoms with Crippen LogP contribution in [0.15, 0.2) is 200 Å². The number of thiazole rings is 4. The Kier molecular flexibility index (Phi) is 41.0. The number of aromatic nitrogens is 4. The molecule has 36 heteroatoms. The summed E-state index contributed by atoms with van der Waals surface area (Å²) in [6.07, 6.45) is 0. The molecule has 0 aliphatic carbocycles. The van der Waals surface area contributed by atoms with Gasteiger partial charge < -0.3 is 56.5 Å². The van der Waals surface area contributed by atoms with Crippen molar-refractivity contribution in [2.75, 3.05) is 43.0 Å². The molecule has 0 aliphatic rings. The second kappa shape index (κ2) is 49.7. The van der Waals surface area contributed by atoms with Crippen LogP contribution in [0.1, 0.15) is 160 Å². The molecule has 0 radical (unpaired) electrons. The predicted octanol–water partition coefficient (Wildman–Crippen LogP) is 27.2. The first-order valence-electron chi connectivity index (χ1n) is 39.1. The summed E-state index contributed by atoms with van der Waals surface area (Å²) in [5.41, 5.74) is 22.6. The van der Waals surface area contributed by atoms with Gasteiger partial charge in [0.15, 0.2) is 19.3 Å². The summed E-state index contributed by atoms with van der Waals surface area (Å²) in [5, 5.41) is 42.0. The first-order chi connectivity index (χ1) is 60.4. The Labute approximate surface area is 840 Å². The smallest absolute Gasteiger partial charge is 0.870 e. The zero-order chi connectivity index (χ0) is 92.4. The van der Waals surface area contributed by atoms with Crippen LogP contribution in [-0.4, -0.2) is 92.9 Å². The van der Waals surface area contributed by atoms with E-state index in [1.165, 1.54) is 81.3 Å². The van der Waals surface area contributed by atoms with E-state index in [0.29, 0.717) is 65.7 Å². The molecule has 8 heterocycles. The number of aromatic carboxylic acids is 1. The number of rotatable bonds is 21. The molecule has 129 heavy (non-hydrogen) atoms. The van der Waals surface area contributed by atoms with Crippen molar-refractivity contribution < 1.29 is 72.9 Å². The number of carbonyl (C=O) groups is 4. The summed E-state index contributed by atoms with van der Waals surface area (Å²) < 4.78 is 17.0. The molecule has 19 nitrogen and oxygen atoms in total. The fourth-order valence-electron chi connectivity index (χ4n) is 12.2. The normalized spacial score (nSPS) is 10.7. The number of methoxy groups -OCH3 is 3. The summed E-state index contributed by atoms with van der Waals surface area (Å²) in [5.74, 6) is -0.710. The third kappa shape index (κ3) is 28.6. The van der Waals surface area contributed by atoms with Crippen LogP contribution in [0.25, 0.3) is 65.9 Å². The van der Waals surface area contributed by atoms with Gasteiger partial charge >= 0.3 is 49.9 Å². The number of carboxylic acid groups (broad SMARTS) is 1. The van der Waals surface area contributed by atoms with Crippen molar-refractivity contribution in [2.45, 2.75) is 107 Å². The van der Waals surface area contributed by atoms with Gasteiger partial charge in [0.1, 0.15) is 19.5 Å². The number of nitrogen functional groups attached to an aromatic ring is 1. The van der Waals surface area contributed by atoms with Crippen molar-refractivity contribution in [3.8, 4) is 65.9 Å². The van der Waals surface area contributed by atoms with Crippen molar-refractivity contribution in [3.05, 3.63) is 281 Å². The van der Waals surface area contributed by atoms with Crippen LogP contribution in [0.3, 0.4) is 0 Å². The van der Waals surface area contributed by atoms with Gasteiger partial charge in [0.25, 0.3) is 0 Å². The number of carboxylic acids is 1. The summed E-state index contributed by atoms with van der Waals surface area (Å²) in [6.45, 7) is 25.2. The summed E-state index contributed by atoms with van der Waals surface area (Å²) in [6, 6.07) is 59.7. The van der Waals surface area contributed by atoms with Crippen LogP contribution in [0.2, 0.25) is 20.1 Å². The predicted molar refractivity (Wildman–Crippen MR) is 550 cm³/mol. The number of halogens is 7. The number of ether oxygens (including phenoxy) is 3. The zero-order valence-electron chi connectivity index (χ0n) is 72.7. The Hall–Kier alpha value is -7.92. The van der Waals surface area contributed by atoms with E-state index in [1.54, 1.807) is 75.7 Å². The van der Waals surface area contributed by atoms with Crippen molar-refractivity contribution in [1.29, 1.82) is 0 Å². The number of nitrogens with one attached hydrogen (secondary N) is 3. The van der Waals surface area contributed by atoms with Crippen LogP contribution in [0, 0.1) is 27.7 Å². The Morgan fingerprint density at radius 3 is 0.992 bits per heavy atom. The maximum absolute atomic E-state index is 12.5. The van der Waals surface area contributed by atoms with Gasteiger partial charge in [0.05, 0.1) is 74.4 Å². The van der Waals surface area contributed by atoms with Gasteiger partial charge in [-0.25, -0.2) is 39.1 Å². The Balaban J connectivity index is 0.000000200. The quantitative estimate of drug-likeness (QED) is 0.0200. The molecule has 7 aromatic carbocycles. The van der Waals surface area contributed by atoms with Crippen LogP contribution in [-0.2, 0) is 14.2 Å². The molecule has 15 rings (SSSR count). The minimum Gasteiger partial charge on any atom is -0.870 e. The van der Waals surface area contributed by atoms with Gasteiger partial charge in [-0.1, -0.05) is 217 Å². The molecule has 0 saturated carbocycles. The fourth-order valence-corrected chi connectivity index (χ4v) is 22.1. The number of thiophene rings is 4. The van der Waals surface area contributed by atoms with E-state index < -0.39 is 19.1 Å². The average molecular weight is 2150 g/mol. The molecule has 8 aromatic heterocycles. The third-order valence-electron chi connectivity index (χ3n) is 18.6. The maximum Gasteiger partial charge on any atom is 1.00 e. The number of hydrogen-bond donors (Lipinski definition) is 7. The van der Waals surface area contributed by atoms with E-state index in [4.69, 9.17) is 86.6 Å². The van der Waals surface area contributed by atoms with Crippen LogP contribution >= 0.6 is 185 Å². The first-order valence-corrected chi connectivity index (χ1v) is 49.5. The number of carbonyl (C=O) groups excluding carboxylic acids is 3. The molecule has 0 spiro atoms. The fraction of sp³-hybridized carbons (Fsp3) is 0.204. The van der Waals surface area contributed by atoms with Crippen LogP contribution < -0.4 is 46.0 Å². The molecule has 0 saturated heterocycles. The van der Waals surface area contributed by atoms with Gasteiger partial charge in [-0.05, 0) is 211 Å². The Morgan fingerprint density at radius 1 is 0.388 bits per heavy atom. The number of benzene rings is 7. The van der Waals surface area contributed by atoms with Gasteiger partial charge in [-0.3, -0.25) is 0 Å². The molecular formula is C93H89BBr3Cl4LiN8O11S8. The molecule has 15 aromatic rings. The number of hydrogen-bond acceptors (Lipinski definition) is 26. The van der Waals surface area contributed by atoms with Crippen LogP contribution in [0.4, 0.5) is 38.1 Å². The van der Waals surface area contributed by atoms with Crippen molar-refractivity contribution in [3.63, 3.8) is 0 Å².